The maximum absolute atomic E-state index is 4.82. The summed E-state index contributed by atoms with van der Waals surface area (Å²) in [6.45, 7) is 3.24. The Hall–Kier alpha value is -1.91. The topological polar surface area (TPSA) is 17.8 Å². The Bertz CT molecular complexity index is 867. The molecule has 0 aliphatic heterocycles. The minimum absolute atomic E-state index is 1.02. The fourth-order valence-electron chi connectivity index (χ4n) is 2.74. The molecule has 0 unspecified atom stereocenters. The van der Waals surface area contributed by atoms with Crippen LogP contribution in [0.4, 0.5) is 0 Å². The lowest BCUT2D eigenvalue weighted by Crippen LogP contribution is -2.00. The Balaban J connectivity index is 1.87. The fraction of sp³-hybridized carbons (Fsp3) is 0.167. The third kappa shape index (κ3) is 2.28. The van der Waals surface area contributed by atoms with Crippen LogP contribution in [0.5, 0.6) is 0 Å². The van der Waals surface area contributed by atoms with Gasteiger partial charge < -0.3 is 4.57 Å². The van der Waals surface area contributed by atoms with Crippen molar-refractivity contribution in [2.24, 2.45) is 0 Å². The number of benzene rings is 1. The van der Waals surface area contributed by atoms with Crippen molar-refractivity contribution in [2.45, 2.75) is 19.9 Å². The van der Waals surface area contributed by atoms with E-state index in [0.717, 1.165) is 23.5 Å². The van der Waals surface area contributed by atoms with E-state index in [4.69, 9.17) is 4.98 Å². The molecule has 0 spiro atoms. The van der Waals surface area contributed by atoms with Crippen molar-refractivity contribution in [1.82, 2.24) is 9.55 Å². The first-order valence-corrected chi connectivity index (χ1v) is 9.16. The van der Waals surface area contributed by atoms with Crippen molar-refractivity contribution in [1.29, 1.82) is 0 Å². The number of fused-ring (bicyclic) bond motifs is 1. The van der Waals surface area contributed by atoms with Gasteiger partial charge in [-0.15, -0.1) is 22.7 Å². The molecule has 4 rings (SSSR count). The van der Waals surface area contributed by atoms with Crippen LogP contribution in [0.2, 0.25) is 0 Å². The van der Waals surface area contributed by atoms with Gasteiger partial charge in [-0.3, -0.25) is 0 Å². The zero-order chi connectivity index (χ0) is 14.9. The maximum atomic E-state index is 4.82. The molecule has 1 aromatic carbocycles. The lowest BCUT2D eigenvalue weighted by atomic mass is 10.3. The number of rotatable bonds is 4. The second-order valence-electron chi connectivity index (χ2n) is 5.22. The quantitative estimate of drug-likeness (QED) is 0.457. The summed E-state index contributed by atoms with van der Waals surface area (Å²) in [6, 6.07) is 17.1. The molecule has 0 saturated heterocycles. The Labute approximate surface area is 137 Å². The Kier molecular flexibility index (Phi) is 3.56. The van der Waals surface area contributed by atoms with Crippen molar-refractivity contribution in [2.75, 3.05) is 0 Å². The zero-order valence-electron chi connectivity index (χ0n) is 12.3. The minimum Gasteiger partial charge on any atom is -0.338 e. The summed E-state index contributed by atoms with van der Waals surface area (Å²) in [5, 5.41) is 3.24. The monoisotopic (exact) mass is 324 g/mol. The summed E-state index contributed by atoms with van der Waals surface area (Å²) in [7, 11) is 0. The van der Waals surface area contributed by atoms with E-state index in [0.29, 0.717) is 0 Å². The lowest BCUT2D eigenvalue weighted by Gasteiger charge is -2.10. The van der Waals surface area contributed by atoms with Crippen LogP contribution in [0.3, 0.4) is 0 Å². The predicted octanol–water partition coefficient (Wildman–Crippen LogP) is 5.90. The molecule has 0 aliphatic carbocycles. The Morgan fingerprint density at radius 1 is 1.00 bits per heavy atom. The summed E-state index contributed by atoms with van der Waals surface area (Å²) < 4.78 is 3.66. The minimum atomic E-state index is 1.02. The second-order valence-corrected chi connectivity index (χ2v) is 7.20. The Morgan fingerprint density at radius 3 is 2.64 bits per heavy atom. The highest BCUT2D eigenvalue weighted by atomic mass is 32.1. The molecule has 0 saturated carbocycles. The molecule has 4 heteroatoms. The molecule has 0 aliphatic rings. The summed E-state index contributed by atoms with van der Waals surface area (Å²) in [5.74, 6) is 0. The number of hydrogen-bond donors (Lipinski definition) is 0. The molecular weight excluding hydrogens is 308 g/mol. The predicted molar refractivity (Wildman–Crippen MR) is 96.7 cm³/mol. The Morgan fingerprint density at radius 2 is 1.86 bits per heavy atom. The first kappa shape index (κ1) is 13.7. The van der Waals surface area contributed by atoms with E-state index < -0.39 is 0 Å². The highest BCUT2D eigenvalue weighted by Gasteiger charge is 2.15. The van der Waals surface area contributed by atoms with Crippen LogP contribution in [0, 0.1) is 0 Å². The van der Waals surface area contributed by atoms with E-state index in [1.807, 2.05) is 6.07 Å². The van der Waals surface area contributed by atoms with Crippen LogP contribution in [-0.2, 0) is 6.54 Å². The molecule has 4 aromatic rings. The zero-order valence-corrected chi connectivity index (χ0v) is 14.0. The molecule has 0 N–H and O–H groups in total. The van der Waals surface area contributed by atoms with Crippen molar-refractivity contribution in [3.63, 3.8) is 0 Å². The van der Waals surface area contributed by atoms with Gasteiger partial charge in [0.15, 0.2) is 0 Å². The normalized spacial score (nSPS) is 11.3. The number of para-hydroxylation sites is 1. The first-order valence-electron chi connectivity index (χ1n) is 7.46. The molecule has 3 heterocycles. The van der Waals surface area contributed by atoms with Gasteiger partial charge in [0.2, 0.25) is 0 Å². The van der Waals surface area contributed by atoms with Gasteiger partial charge >= 0.3 is 0 Å². The van der Waals surface area contributed by atoms with Gasteiger partial charge in [0, 0.05) is 6.54 Å². The first-order chi connectivity index (χ1) is 10.9. The molecule has 0 atom stereocenters. The molecule has 3 aromatic heterocycles. The summed E-state index contributed by atoms with van der Waals surface area (Å²) in [5.41, 5.74) is 3.61. The average molecular weight is 324 g/mol. The van der Waals surface area contributed by atoms with Gasteiger partial charge in [-0.1, -0.05) is 25.1 Å². The smallest absolute Gasteiger partial charge is 0.141 e. The summed E-state index contributed by atoms with van der Waals surface area (Å²) >= 11 is 3.56. The molecule has 22 heavy (non-hydrogen) atoms. The highest BCUT2D eigenvalue weighted by Crippen LogP contribution is 2.35. The standard InChI is InChI=1S/C18H16N2S2/c1-2-11-20-14(17-8-5-12-21-17)9-10-15(20)18-19-13-6-3-4-7-16(13)22-18/h3-10,12H,2,11H2,1H3. The van der Waals surface area contributed by atoms with Crippen LogP contribution >= 0.6 is 22.7 Å². The van der Waals surface area contributed by atoms with E-state index in [1.165, 1.54) is 21.0 Å². The molecule has 0 fully saturated rings. The van der Waals surface area contributed by atoms with E-state index in [-0.39, 0.29) is 0 Å². The van der Waals surface area contributed by atoms with Gasteiger partial charge in [0.25, 0.3) is 0 Å². The van der Waals surface area contributed by atoms with E-state index in [9.17, 15) is 0 Å². The molecule has 0 radical (unpaired) electrons. The van der Waals surface area contributed by atoms with Crippen LogP contribution in [0.25, 0.3) is 31.5 Å². The van der Waals surface area contributed by atoms with Crippen molar-refractivity contribution >= 4 is 32.9 Å². The van der Waals surface area contributed by atoms with E-state index >= 15 is 0 Å². The highest BCUT2D eigenvalue weighted by molar-refractivity contribution is 7.21. The van der Waals surface area contributed by atoms with Gasteiger partial charge in [0.05, 0.1) is 26.5 Å². The number of hydrogen-bond acceptors (Lipinski definition) is 3. The molecule has 110 valence electrons. The fourth-order valence-corrected chi connectivity index (χ4v) is 4.50. The lowest BCUT2D eigenvalue weighted by molar-refractivity contribution is 0.696. The third-order valence-electron chi connectivity index (χ3n) is 3.71. The van der Waals surface area contributed by atoms with Gasteiger partial charge in [-0.25, -0.2) is 4.98 Å². The second kappa shape index (κ2) is 5.71. The molecule has 0 bridgehead atoms. The maximum Gasteiger partial charge on any atom is 0.141 e. The van der Waals surface area contributed by atoms with E-state index in [2.05, 4.69) is 59.3 Å². The third-order valence-corrected chi connectivity index (χ3v) is 5.67. The van der Waals surface area contributed by atoms with E-state index in [1.54, 1.807) is 22.7 Å². The number of aromatic nitrogens is 2. The average Bonchev–Trinajstić information content (AvgIpc) is 3.25. The summed E-state index contributed by atoms with van der Waals surface area (Å²) in [4.78, 5) is 6.14. The number of nitrogens with zero attached hydrogens (tertiary/aromatic N) is 2. The van der Waals surface area contributed by atoms with Crippen molar-refractivity contribution in [3.05, 3.63) is 53.9 Å². The molecule has 2 nitrogen and oxygen atoms in total. The number of thiazole rings is 1. The van der Waals surface area contributed by atoms with Gasteiger partial charge in [-0.2, -0.15) is 0 Å². The van der Waals surface area contributed by atoms with Crippen molar-refractivity contribution < 1.29 is 0 Å². The SMILES string of the molecule is CCCn1c(-c2cccs2)ccc1-c1nc2ccccc2s1. The van der Waals surface area contributed by atoms with Gasteiger partial charge in [0.1, 0.15) is 5.01 Å². The van der Waals surface area contributed by atoms with Crippen LogP contribution in [0.15, 0.2) is 53.9 Å². The van der Waals surface area contributed by atoms with Crippen LogP contribution < -0.4 is 0 Å². The summed E-state index contributed by atoms with van der Waals surface area (Å²) in [6.07, 6.45) is 1.12. The molecule has 0 amide bonds. The van der Waals surface area contributed by atoms with Gasteiger partial charge in [-0.05, 0) is 42.1 Å². The van der Waals surface area contributed by atoms with Crippen molar-refractivity contribution in [3.8, 4) is 21.3 Å². The number of thiophene rings is 1. The van der Waals surface area contributed by atoms with Crippen LogP contribution in [0.1, 0.15) is 13.3 Å². The largest absolute Gasteiger partial charge is 0.338 e. The van der Waals surface area contributed by atoms with Crippen LogP contribution in [-0.4, -0.2) is 9.55 Å². The molecular formula is C18H16N2S2.